The standard InChI is InChI=1S/C18H23N7O/c1-11(2)25-15(5-6-21-25)18(26)20-9-14-10-24-16(23-14)7-13(8-22-24)17(19)12-3-4-12/h5-8,10-12,17H,3-4,9,19H2,1-2H3,(H,20,26). The third-order valence-electron chi connectivity index (χ3n) is 4.73. The number of imidazole rings is 1. The van der Waals surface area contributed by atoms with Crippen molar-refractivity contribution in [2.45, 2.75) is 45.3 Å². The zero-order chi connectivity index (χ0) is 18.3. The van der Waals surface area contributed by atoms with Crippen LogP contribution >= 0.6 is 0 Å². The highest BCUT2D eigenvalue weighted by Crippen LogP contribution is 2.39. The number of fused-ring (bicyclic) bond motifs is 1. The molecule has 3 aromatic rings. The summed E-state index contributed by atoms with van der Waals surface area (Å²) in [5.41, 5.74) is 9.30. The first-order valence-electron chi connectivity index (χ1n) is 8.94. The van der Waals surface area contributed by atoms with Gasteiger partial charge < -0.3 is 11.1 Å². The van der Waals surface area contributed by atoms with E-state index < -0.39 is 0 Å². The van der Waals surface area contributed by atoms with Gasteiger partial charge in [0.2, 0.25) is 0 Å². The molecule has 1 aliphatic carbocycles. The van der Waals surface area contributed by atoms with Crippen LogP contribution in [0.3, 0.4) is 0 Å². The van der Waals surface area contributed by atoms with Gasteiger partial charge in [-0.15, -0.1) is 0 Å². The van der Waals surface area contributed by atoms with E-state index in [1.165, 1.54) is 12.8 Å². The molecule has 1 fully saturated rings. The topological polar surface area (TPSA) is 103 Å². The van der Waals surface area contributed by atoms with Gasteiger partial charge >= 0.3 is 0 Å². The van der Waals surface area contributed by atoms with Crippen LogP contribution in [0.5, 0.6) is 0 Å². The first kappa shape index (κ1) is 16.7. The number of hydrogen-bond acceptors (Lipinski definition) is 5. The summed E-state index contributed by atoms with van der Waals surface area (Å²) >= 11 is 0. The average molecular weight is 353 g/mol. The quantitative estimate of drug-likeness (QED) is 0.704. The van der Waals surface area contributed by atoms with Crippen molar-refractivity contribution in [1.82, 2.24) is 29.7 Å². The molecule has 1 saturated carbocycles. The zero-order valence-corrected chi connectivity index (χ0v) is 15.0. The minimum Gasteiger partial charge on any atom is -0.345 e. The summed E-state index contributed by atoms with van der Waals surface area (Å²) in [7, 11) is 0. The Hall–Kier alpha value is -2.74. The Kier molecular flexibility index (Phi) is 4.20. The van der Waals surface area contributed by atoms with Gasteiger partial charge in [-0.2, -0.15) is 10.2 Å². The molecule has 3 N–H and O–H groups in total. The summed E-state index contributed by atoms with van der Waals surface area (Å²) in [6, 6.07) is 3.85. The molecule has 0 aromatic carbocycles. The van der Waals surface area contributed by atoms with E-state index in [4.69, 9.17) is 5.73 Å². The number of nitrogens with one attached hydrogen (secondary N) is 1. The maximum absolute atomic E-state index is 12.4. The number of aromatic nitrogens is 5. The molecule has 1 atom stereocenters. The molecule has 8 nitrogen and oxygen atoms in total. The van der Waals surface area contributed by atoms with E-state index in [1.807, 2.05) is 26.1 Å². The molecule has 4 rings (SSSR count). The van der Waals surface area contributed by atoms with Crippen LogP contribution in [0.25, 0.3) is 5.65 Å². The lowest BCUT2D eigenvalue weighted by atomic mass is 10.1. The van der Waals surface area contributed by atoms with Crippen molar-refractivity contribution in [2.75, 3.05) is 0 Å². The second-order valence-corrected chi connectivity index (χ2v) is 7.12. The maximum atomic E-state index is 12.4. The Morgan fingerprint density at radius 2 is 2.19 bits per heavy atom. The molecule has 0 saturated heterocycles. The highest BCUT2D eigenvalue weighted by molar-refractivity contribution is 5.92. The van der Waals surface area contributed by atoms with Crippen molar-refractivity contribution < 1.29 is 4.79 Å². The molecule has 3 heterocycles. The van der Waals surface area contributed by atoms with Crippen molar-refractivity contribution in [3.05, 3.63) is 47.7 Å². The molecule has 1 aliphatic rings. The lowest BCUT2D eigenvalue weighted by Crippen LogP contribution is -2.26. The van der Waals surface area contributed by atoms with Crippen molar-refractivity contribution in [3.63, 3.8) is 0 Å². The molecule has 1 amide bonds. The van der Waals surface area contributed by atoms with Gasteiger partial charge in [0.1, 0.15) is 5.69 Å². The van der Waals surface area contributed by atoms with Gasteiger partial charge in [0.05, 0.1) is 24.6 Å². The molecule has 26 heavy (non-hydrogen) atoms. The zero-order valence-electron chi connectivity index (χ0n) is 15.0. The summed E-state index contributed by atoms with van der Waals surface area (Å²) in [6.07, 6.45) is 7.63. The van der Waals surface area contributed by atoms with Crippen molar-refractivity contribution in [3.8, 4) is 0 Å². The SMILES string of the molecule is CC(C)n1nccc1C(=O)NCc1cn2ncc(C(N)C3CC3)cc2n1. The summed E-state index contributed by atoms with van der Waals surface area (Å²) in [4.78, 5) is 17.0. The van der Waals surface area contributed by atoms with Gasteiger partial charge in [-0.05, 0) is 50.3 Å². The van der Waals surface area contributed by atoms with Crippen LogP contribution in [-0.2, 0) is 6.54 Å². The van der Waals surface area contributed by atoms with Gasteiger partial charge in [-0.1, -0.05) is 0 Å². The van der Waals surface area contributed by atoms with Crippen LogP contribution in [-0.4, -0.2) is 30.3 Å². The van der Waals surface area contributed by atoms with E-state index in [0.29, 0.717) is 18.2 Å². The normalized spacial score (nSPS) is 15.5. The molecule has 136 valence electrons. The van der Waals surface area contributed by atoms with Gasteiger partial charge in [0, 0.05) is 18.3 Å². The first-order chi connectivity index (χ1) is 12.5. The number of amides is 1. The molecule has 0 bridgehead atoms. The second-order valence-electron chi connectivity index (χ2n) is 7.12. The van der Waals surface area contributed by atoms with E-state index in [1.54, 1.807) is 27.7 Å². The van der Waals surface area contributed by atoms with Gasteiger partial charge in [-0.3, -0.25) is 9.48 Å². The summed E-state index contributed by atoms with van der Waals surface area (Å²) in [5, 5.41) is 11.5. The predicted octanol–water partition coefficient (Wildman–Crippen LogP) is 1.85. The lowest BCUT2D eigenvalue weighted by Gasteiger charge is -2.10. The highest BCUT2D eigenvalue weighted by Gasteiger charge is 2.30. The van der Waals surface area contributed by atoms with E-state index in [2.05, 4.69) is 20.5 Å². The van der Waals surface area contributed by atoms with Gasteiger partial charge in [0.15, 0.2) is 5.65 Å². The van der Waals surface area contributed by atoms with Crippen LogP contribution in [0, 0.1) is 5.92 Å². The Bertz CT molecular complexity index is 938. The van der Waals surface area contributed by atoms with E-state index in [-0.39, 0.29) is 18.0 Å². The Morgan fingerprint density at radius 1 is 1.38 bits per heavy atom. The van der Waals surface area contributed by atoms with Crippen LogP contribution in [0.2, 0.25) is 0 Å². The number of carbonyl (C=O) groups excluding carboxylic acids is 1. The molecular formula is C18H23N7O. The van der Waals surface area contributed by atoms with Crippen LogP contribution in [0.1, 0.15) is 60.5 Å². The molecule has 8 heteroatoms. The maximum Gasteiger partial charge on any atom is 0.269 e. The minimum atomic E-state index is -0.169. The fourth-order valence-corrected chi connectivity index (χ4v) is 3.10. The minimum absolute atomic E-state index is 0.0312. The molecule has 0 spiro atoms. The third kappa shape index (κ3) is 3.20. The lowest BCUT2D eigenvalue weighted by molar-refractivity contribution is 0.0937. The molecule has 0 aliphatic heterocycles. The predicted molar refractivity (Wildman–Crippen MR) is 96.4 cm³/mol. The van der Waals surface area contributed by atoms with E-state index in [0.717, 1.165) is 16.9 Å². The second kappa shape index (κ2) is 6.53. The van der Waals surface area contributed by atoms with Crippen molar-refractivity contribution in [2.24, 2.45) is 11.7 Å². The number of nitrogens with zero attached hydrogens (tertiary/aromatic N) is 5. The van der Waals surface area contributed by atoms with Crippen molar-refractivity contribution in [1.29, 1.82) is 0 Å². The van der Waals surface area contributed by atoms with Crippen LogP contribution in [0.4, 0.5) is 0 Å². The summed E-state index contributed by atoms with van der Waals surface area (Å²) in [5.74, 6) is 0.399. The molecule has 1 unspecified atom stereocenters. The molecular weight excluding hydrogens is 330 g/mol. The summed E-state index contributed by atoms with van der Waals surface area (Å²) in [6.45, 7) is 4.30. The van der Waals surface area contributed by atoms with Crippen molar-refractivity contribution >= 4 is 11.6 Å². The van der Waals surface area contributed by atoms with Crippen LogP contribution in [0.15, 0.2) is 30.7 Å². The fourth-order valence-electron chi connectivity index (χ4n) is 3.10. The highest BCUT2D eigenvalue weighted by atomic mass is 16.2. The average Bonchev–Trinajstić information content (AvgIpc) is 3.20. The monoisotopic (exact) mass is 353 g/mol. The summed E-state index contributed by atoms with van der Waals surface area (Å²) < 4.78 is 3.41. The van der Waals surface area contributed by atoms with Crippen LogP contribution < -0.4 is 11.1 Å². The largest absolute Gasteiger partial charge is 0.345 e. The number of hydrogen-bond donors (Lipinski definition) is 2. The van der Waals surface area contributed by atoms with E-state index >= 15 is 0 Å². The molecule has 0 radical (unpaired) electrons. The number of nitrogens with two attached hydrogens (primary N) is 1. The van der Waals surface area contributed by atoms with E-state index in [9.17, 15) is 4.79 Å². The third-order valence-corrected chi connectivity index (χ3v) is 4.73. The number of rotatable bonds is 6. The molecule has 3 aromatic heterocycles. The van der Waals surface area contributed by atoms with Gasteiger partial charge in [0.25, 0.3) is 5.91 Å². The first-order valence-corrected chi connectivity index (χ1v) is 8.94. The van der Waals surface area contributed by atoms with Gasteiger partial charge in [-0.25, -0.2) is 9.50 Å². The Balaban J connectivity index is 1.47. The smallest absolute Gasteiger partial charge is 0.269 e. The number of carbonyl (C=O) groups is 1. The fraction of sp³-hybridized carbons (Fsp3) is 0.444. The Labute approximate surface area is 151 Å². The Morgan fingerprint density at radius 3 is 2.92 bits per heavy atom.